The van der Waals surface area contributed by atoms with Crippen LogP contribution in [0.15, 0.2) is 30.9 Å². The number of ether oxygens (including phenoxy) is 2. The van der Waals surface area contributed by atoms with Gasteiger partial charge in [0.2, 0.25) is 0 Å². The molecule has 1 aliphatic heterocycles. The van der Waals surface area contributed by atoms with Gasteiger partial charge in [-0.15, -0.1) is 6.58 Å². The third-order valence-electron chi connectivity index (χ3n) is 2.71. The zero-order valence-corrected chi connectivity index (χ0v) is 9.23. The Morgan fingerprint density at radius 1 is 1.56 bits per heavy atom. The topological polar surface area (TPSA) is 35.5 Å². The first kappa shape index (κ1) is 10.7. The van der Waals surface area contributed by atoms with Crippen LogP contribution in [0, 0.1) is 0 Å². The molecule has 84 valence electrons. The Kier molecular flexibility index (Phi) is 2.95. The lowest BCUT2D eigenvalue weighted by Crippen LogP contribution is -1.99. The van der Waals surface area contributed by atoms with E-state index >= 15 is 0 Å². The van der Waals surface area contributed by atoms with Gasteiger partial charge in [0.25, 0.3) is 0 Å². The number of cyclic esters (lactones) is 1. The number of esters is 1. The van der Waals surface area contributed by atoms with Gasteiger partial charge in [0.1, 0.15) is 11.9 Å². The SMILES string of the molecule is C=CCCC1OC(=O)c2cccc(OC)c21. The lowest BCUT2D eigenvalue weighted by molar-refractivity contribution is 0.0368. The number of carbonyl (C=O) groups is 1. The summed E-state index contributed by atoms with van der Waals surface area (Å²) in [6, 6.07) is 5.42. The molecule has 1 heterocycles. The number of hydrogen-bond acceptors (Lipinski definition) is 3. The van der Waals surface area contributed by atoms with Crippen molar-refractivity contribution in [2.45, 2.75) is 18.9 Å². The highest BCUT2D eigenvalue weighted by molar-refractivity contribution is 5.95. The summed E-state index contributed by atoms with van der Waals surface area (Å²) in [4.78, 5) is 11.6. The number of benzene rings is 1. The van der Waals surface area contributed by atoms with Gasteiger partial charge in [0.05, 0.1) is 12.7 Å². The van der Waals surface area contributed by atoms with Crippen LogP contribution in [0.2, 0.25) is 0 Å². The summed E-state index contributed by atoms with van der Waals surface area (Å²) in [5.74, 6) is 0.459. The van der Waals surface area contributed by atoms with Crippen LogP contribution in [0.5, 0.6) is 5.75 Å². The van der Waals surface area contributed by atoms with E-state index < -0.39 is 0 Å². The van der Waals surface area contributed by atoms with Crippen molar-refractivity contribution in [3.8, 4) is 5.75 Å². The summed E-state index contributed by atoms with van der Waals surface area (Å²) < 4.78 is 10.6. The fourth-order valence-corrected chi connectivity index (χ4v) is 1.96. The van der Waals surface area contributed by atoms with E-state index in [0.717, 1.165) is 24.2 Å². The molecule has 0 N–H and O–H groups in total. The minimum Gasteiger partial charge on any atom is -0.496 e. The number of fused-ring (bicyclic) bond motifs is 1. The van der Waals surface area contributed by atoms with Gasteiger partial charge in [-0.3, -0.25) is 0 Å². The van der Waals surface area contributed by atoms with Gasteiger partial charge in [-0.2, -0.15) is 0 Å². The first-order valence-electron chi connectivity index (χ1n) is 5.26. The van der Waals surface area contributed by atoms with Crippen LogP contribution in [0.3, 0.4) is 0 Å². The zero-order valence-electron chi connectivity index (χ0n) is 9.23. The Labute approximate surface area is 94.7 Å². The number of allylic oxidation sites excluding steroid dienone is 1. The van der Waals surface area contributed by atoms with E-state index in [1.807, 2.05) is 12.1 Å². The molecular weight excluding hydrogens is 204 g/mol. The highest BCUT2D eigenvalue weighted by Crippen LogP contribution is 2.39. The van der Waals surface area contributed by atoms with E-state index in [0.29, 0.717) is 5.56 Å². The summed E-state index contributed by atoms with van der Waals surface area (Å²) in [6.45, 7) is 3.67. The monoisotopic (exact) mass is 218 g/mol. The van der Waals surface area contributed by atoms with Crippen LogP contribution in [0.4, 0.5) is 0 Å². The molecule has 2 rings (SSSR count). The molecule has 1 aliphatic rings. The molecule has 3 heteroatoms. The average Bonchev–Trinajstić information content (AvgIpc) is 2.64. The van der Waals surface area contributed by atoms with Crippen LogP contribution in [-0.2, 0) is 4.74 Å². The van der Waals surface area contributed by atoms with Gasteiger partial charge in [-0.05, 0) is 25.0 Å². The molecule has 0 saturated carbocycles. The second kappa shape index (κ2) is 4.39. The highest BCUT2D eigenvalue weighted by atomic mass is 16.6. The maximum absolute atomic E-state index is 11.6. The van der Waals surface area contributed by atoms with Gasteiger partial charge in [-0.25, -0.2) is 4.79 Å². The first-order chi connectivity index (χ1) is 7.77. The fraction of sp³-hybridized carbons (Fsp3) is 0.308. The van der Waals surface area contributed by atoms with Crippen molar-refractivity contribution in [1.29, 1.82) is 0 Å². The summed E-state index contributed by atoms with van der Waals surface area (Å²) in [7, 11) is 1.60. The van der Waals surface area contributed by atoms with Crippen molar-refractivity contribution in [2.75, 3.05) is 7.11 Å². The summed E-state index contributed by atoms with van der Waals surface area (Å²) in [5.41, 5.74) is 1.49. The lowest BCUT2D eigenvalue weighted by atomic mass is 10.0. The van der Waals surface area contributed by atoms with E-state index in [4.69, 9.17) is 9.47 Å². The van der Waals surface area contributed by atoms with E-state index in [9.17, 15) is 4.79 Å². The number of methoxy groups -OCH3 is 1. The second-order valence-electron chi connectivity index (χ2n) is 3.68. The molecule has 0 saturated heterocycles. The molecule has 0 bridgehead atoms. The van der Waals surface area contributed by atoms with Crippen molar-refractivity contribution in [3.63, 3.8) is 0 Å². The molecule has 1 aromatic rings. The molecule has 1 aromatic carbocycles. The average molecular weight is 218 g/mol. The van der Waals surface area contributed by atoms with Crippen LogP contribution in [0.1, 0.15) is 34.9 Å². The Bertz CT molecular complexity index is 423. The number of carbonyl (C=O) groups excluding carboxylic acids is 1. The molecule has 1 unspecified atom stereocenters. The lowest BCUT2D eigenvalue weighted by Gasteiger charge is -2.12. The van der Waals surface area contributed by atoms with E-state index in [1.165, 1.54) is 0 Å². The normalized spacial score (nSPS) is 17.8. The van der Waals surface area contributed by atoms with Crippen molar-refractivity contribution in [1.82, 2.24) is 0 Å². The summed E-state index contributed by atoms with van der Waals surface area (Å²) in [5, 5.41) is 0. The van der Waals surface area contributed by atoms with Crippen molar-refractivity contribution < 1.29 is 14.3 Å². The minimum atomic E-state index is -0.261. The number of hydrogen-bond donors (Lipinski definition) is 0. The maximum atomic E-state index is 11.6. The molecule has 0 amide bonds. The van der Waals surface area contributed by atoms with Gasteiger partial charge in [0.15, 0.2) is 0 Å². The molecule has 0 radical (unpaired) electrons. The predicted octanol–water partition coefficient (Wildman–Crippen LogP) is 2.87. The molecule has 16 heavy (non-hydrogen) atoms. The van der Waals surface area contributed by atoms with Gasteiger partial charge in [-0.1, -0.05) is 12.1 Å². The first-order valence-corrected chi connectivity index (χ1v) is 5.26. The van der Waals surface area contributed by atoms with Crippen LogP contribution >= 0.6 is 0 Å². The van der Waals surface area contributed by atoms with Gasteiger partial charge < -0.3 is 9.47 Å². The standard InChI is InChI=1S/C13H14O3/c1-3-4-7-11-12-9(13(14)16-11)6-5-8-10(12)15-2/h3,5-6,8,11H,1,4,7H2,2H3. The zero-order chi connectivity index (χ0) is 11.5. The van der Waals surface area contributed by atoms with Crippen LogP contribution in [0.25, 0.3) is 0 Å². The Hall–Kier alpha value is -1.77. The Balaban J connectivity index is 2.37. The van der Waals surface area contributed by atoms with E-state index in [-0.39, 0.29) is 12.1 Å². The number of rotatable bonds is 4. The maximum Gasteiger partial charge on any atom is 0.339 e. The van der Waals surface area contributed by atoms with Crippen molar-refractivity contribution in [2.24, 2.45) is 0 Å². The van der Waals surface area contributed by atoms with Crippen LogP contribution < -0.4 is 4.74 Å². The van der Waals surface area contributed by atoms with Gasteiger partial charge in [0, 0.05) is 5.56 Å². The largest absolute Gasteiger partial charge is 0.496 e. The van der Waals surface area contributed by atoms with Crippen LogP contribution in [-0.4, -0.2) is 13.1 Å². The van der Waals surface area contributed by atoms with Gasteiger partial charge >= 0.3 is 5.97 Å². The van der Waals surface area contributed by atoms with E-state index in [2.05, 4.69) is 6.58 Å². The highest BCUT2D eigenvalue weighted by Gasteiger charge is 2.33. The van der Waals surface area contributed by atoms with Crippen molar-refractivity contribution in [3.05, 3.63) is 42.0 Å². The molecular formula is C13H14O3. The fourth-order valence-electron chi connectivity index (χ4n) is 1.96. The smallest absolute Gasteiger partial charge is 0.339 e. The Morgan fingerprint density at radius 2 is 2.38 bits per heavy atom. The third-order valence-corrected chi connectivity index (χ3v) is 2.71. The molecule has 1 atom stereocenters. The third kappa shape index (κ3) is 1.69. The molecule has 0 spiro atoms. The predicted molar refractivity (Wildman–Crippen MR) is 60.6 cm³/mol. The van der Waals surface area contributed by atoms with Crippen molar-refractivity contribution >= 4 is 5.97 Å². The Morgan fingerprint density at radius 3 is 3.06 bits per heavy atom. The summed E-state index contributed by atoms with van der Waals surface area (Å²) >= 11 is 0. The van der Waals surface area contributed by atoms with E-state index in [1.54, 1.807) is 19.2 Å². The summed E-state index contributed by atoms with van der Waals surface area (Å²) in [6.07, 6.45) is 3.19. The second-order valence-corrected chi connectivity index (χ2v) is 3.68. The molecule has 0 aliphatic carbocycles. The molecule has 3 nitrogen and oxygen atoms in total. The quantitative estimate of drug-likeness (QED) is 0.575. The molecule has 0 fully saturated rings. The molecule has 0 aromatic heterocycles. The minimum absolute atomic E-state index is 0.198.